The van der Waals surface area contributed by atoms with Gasteiger partial charge in [-0.15, -0.1) is 0 Å². The molecular weight excluding hydrogens is 238 g/mol. The Morgan fingerprint density at radius 2 is 1.89 bits per heavy atom. The highest BCUT2D eigenvalue weighted by molar-refractivity contribution is 5.50. The second-order valence-electron chi connectivity index (χ2n) is 5.13. The van der Waals surface area contributed by atoms with E-state index in [-0.39, 0.29) is 0 Å². The molecule has 102 valence electrons. The van der Waals surface area contributed by atoms with Gasteiger partial charge in [0.2, 0.25) is 0 Å². The van der Waals surface area contributed by atoms with E-state index in [1.807, 2.05) is 25.5 Å². The minimum Gasteiger partial charge on any atom is -0.331 e. The summed E-state index contributed by atoms with van der Waals surface area (Å²) in [6.07, 6.45) is 4.48. The molecule has 2 aromatic heterocycles. The molecule has 19 heavy (non-hydrogen) atoms. The molecule has 0 fully saturated rings. The zero-order chi connectivity index (χ0) is 14.0. The Kier molecular flexibility index (Phi) is 3.95. The summed E-state index contributed by atoms with van der Waals surface area (Å²) in [4.78, 5) is 13.3. The molecule has 0 bridgehead atoms. The van der Waals surface area contributed by atoms with Crippen LogP contribution in [-0.2, 0) is 13.5 Å². The van der Waals surface area contributed by atoms with Crippen LogP contribution in [0.25, 0.3) is 11.5 Å². The fraction of sp³-hybridized carbons (Fsp3) is 0.500. The third-order valence-electron chi connectivity index (χ3n) is 3.42. The van der Waals surface area contributed by atoms with Crippen molar-refractivity contribution in [3.8, 4) is 11.5 Å². The van der Waals surface area contributed by atoms with Crippen LogP contribution in [0.2, 0.25) is 0 Å². The second kappa shape index (κ2) is 5.48. The average Bonchev–Trinajstić information content (AvgIpc) is 2.79. The molecule has 2 aromatic rings. The number of nitrogens with zero attached hydrogens (tertiary/aromatic N) is 4. The lowest BCUT2D eigenvalue weighted by Gasteiger charge is -2.14. The van der Waals surface area contributed by atoms with Crippen molar-refractivity contribution in [2.24, 2.45) is 18.7 Å². The van der Waals surface area contributed by atoms with Crippen molar-refractivity contribution in [1.29, 1.82) is 0 Å². The predicted molar refractivity (Wildman–Crippen MR) is 75.6 cm³/mol. The first-order valence-electron chi connectivity index (χ1n) is 6.53. The number of aryl methyl sites for hydroxylation is 3. The largest absolute Gasteiger partial charge is 0.331 e. The third-order valence-corrected chi connectivity index (χ3v) is 3.42. The molecule has 1 unspecified atom stereocenters. The minimum atomic E-state index is 0.448. The smallest absolute Gasteiger partial charge is 0.178 e. The second-order valence-corrected chi connectivity index (χ2v) is 5.13. The molecule has 0 aliphatic heterocycles. The molecule has 5 heteroatoms. The van der Waals surface area contributed by atoms with E-state index in [1.165, 1.54) is 5.56 Å². The Morgan fingerprint density at radius 3 is 2.37 bits per heavy atom. The van der Waals surface area contributed by atoms with Gasteiger partial charge in [-0.05, 0) is 38.3 Å². The van der Waals surface area contributed by atoms with Crippen molar-refractivity contribution in [3.05, 3.63) is 29.5 Å². The molecule has 5 nitrogen and oxygen atoms in total. The monoisotopic (exact) mass is 259 g/mol. The fourth-order valence-corrected chi connectivity index (χ4v) is 2.15. The Labute approximate surface area is 113 Å². The average molecular weight is 259 g/mol. The minimum absolute atomic E-state index is 0.448. The number of nitrogens with two attached hydrogens (primary N) is 1. The van der Waals surface area contributed by atoms with Crippen LogP contribution in [0, 0.1) is 19.8 Å². The van der Waals surface area contributed by atoms with Crippen LogP contribution >= 0.6 is 0 Å². The van der Waals surface area contributed by atoms with Gasteiger partial charge in [-0.1, -0.05) is 6.92 Å². The van der Waals surface area contributed by atoms with Crippen molar-refractivity contribution in [3.63, 3.8) is 0 Å². The molecular formula is C14H21N5. The summed E-state index contributed by atoms with van der Waals surface area (Å²) in [6, 6.07) is 0. The first-order valence-corrected chi connectivity index (χ1v) is 6.53. The van der Waals surface area contributed by atoms with Gasteiger partial charge < -0.3 is 10.3 Å². The van der Waals surface area contributed by atoms with Crippen LogP contribution in [0.1, 0.15) is 23.9 Å². The highest BCUT2D eigenvalue weighted by Gasteiger charge is 2.13. The number of hydrogen-bond donors (Lipinski definition) is 1. The van der Waals surface area contributed by atoms with Gasteiger partial charge in [0.25, 0.3) is 0 Å². The van der Waals surface area contributed by atoms with E-state index in [0.29, 0.717) is 12.5 Å². The van der Waals surface area contributed by atoms with Gasteiger partial charge in [-0.25, -0.2) is 15.0 Å². The lowest BCUT2D eigenvalue weighted by atomic mass is 9.99. The highest BCUT2D eigenvalue weighted by Crippen LogP contribution is 2.20. The van der Waals surface area contributed by atoms with E-state index in [0.717, 1.165) is 29.3 Å². The molecule has 0 amide bonds. The summed E-state index contributed by atoms with van der Waals surface area (Å²) in [5, 5.41) is 0. The third kappa shape index (κ3) is 2.81. The van der Waals surface area contributed by atoms with Crippen LogP contribution in [0.3, 0.4) is 0 Å². The summed E-state index contributed by atoms with van der Waals surface area (Å²) in [5.41, 5.74) is 9.90. The van der Waals surface area contributed by atoms with Gasteiger partial charge in [-0.3, -0.25) is 0 Å². The normalized spacial score (nSPS) is 12.7. The van der Waals surface area contributed by atoms with Gasteiger partial charge in [0, 0.05) is 18.4 Å². The predicted octanol–water partition coefficient (Wildman–Crippen LogP) is 1.63. The SMILES string of the molecule is Cc1nc(-c2cncn2C)nc(C)c1CC(C)CN. The van der Waals surface area contributed by atoms with Crippen molar-refractivity contribution in [2.45, 2.75) is 27.2 Å². The van der Waals surface area contributed by atoms with Crippen LogP contribution in [-0.4, -0.2) is 26.1 Å². The first kappa shape index (κ1) is 13.7. The summed E-state index contributed by atoms with van der Waals surface area (Å²) in [7, 11) is 1.95. The molecule has 0 aliphatic rings. The Hall–Kier alpha value is -1.75. The molecule has 2 N–H and O–H groups in total. The van der Waals surface area contributed by atoms with E-state index >= 15 is 0 Å². The lowest BCUT2D eigenvalue weighted by molar-refractivity contribution is 0.586. The highest BCUT2D eigenvalue weighted by atomic mass is 15.1. The lowest BCUT2D eigenvalue weighted by Crippen LogP contribution is -2.15. The van der Waals surface area contributed by atoms with Gasteiger partial charge in [0.05, 0.1) is 12.5 Å². The molecule has 0 saturated carbocycles. The van der Waals surface area contributed by atoms with Crippen LogP contribution in [0.5, 0.6) is 0 Å². The Morgan fingerprint density at radius 1 is 1.26 bits per heavy atom. The van der Waals surface area contributed by atoms with E-state index in [9.17, 15) is 0 Å². The fourth-order valence-electron chi connectivity index (χ4n) is 2.15. The van der Waals surface area contributed by atoms with E-state index < -0.39 is 0 Å². The molecule has 0 saturated heterocycles. The molecule has 2 rings (SSSR count). The van der Waals surface area contributed by atoms with Crippen LogP contribution < -0.4 is 5.73 Å². The van der Waals surface area contributed by atoms with Crippen molar-refractivity contribution in [1.82, 2.24) is 19.5 Å². The molecule has 2 heterocycles. The standard InChI is InChI=1S/C14H21N5/c1-9(6-15)5-12-10(2)17-14(18-11(12)3)13-7-16-8-19(13)4/h7-9H,5-6,15H2,1-4H3. The number of imidazole rings is 1. The Balaban J connectivity index is 2.40. The van der Waals surface area contributed by atoms with Crippen molar-refractivity contribution in [2.75, 3.05) is 6.54 Å². The maximum absolute atomic E-state index is 5.69. The number of aromatic nitrogens is 4. The number of hydrogen-bond acceptors (Lipinski definition) is 4. The van der Waals surface area contributed by atoms with Gasteiger partial charge in [-0.2, -0.15) is 0 Å². The summed E-state index contributed by atoms with van der Waals surface area (Å²) in [5.74, 6) is 1.18. The molecule has 0 radical (unpaired) electrons. The van der Waals surface area contributed by atoms with Crippen LogP contribution in [0.4, 0.5) is 0 Å². The zero-order valence-electron chi connectivity index (χ0n) is 12.0. The summed E-state index contributed by atoms with van der Waals surface area (Å²) < 4.78 is 1.93. The van der Waals surface area contributed by atoms with Crippen molar-refractivity contribution < 1.29 is 0 Å². The van der Waals surface area contributed by atoms with Gasteiger partial charge >= 0.3 is 0 Å². The first-order chi connectivity index (χ1) is 9.02. The molecule has 0 spiro atoms. The van der Waals surface area contributed by atoms with Crippen LogP contribution in [0.15, 0.2) is 12.5 Å². The maximum atomic E-state index is 5.69. The maximum Gasteiger partial charge on any atom is 0.178 e. The summed E-state index contributed by atoms with van der Waals surface area (Å²) >= 11 is 0. The Bertz CT molecular complexity index is 550. The zero-order valence-corrected chi connectivity index (χ0v) is 12.0. The van der Waals surface area contributed by atoms with Gasteiger partial charge in [0.1, 0.15) is 5.69 Å². The molecule has 0 aliphatic carbocycles. The van der Waals surface area contributed by atoms with E-state index in [1.54, 1.807) is 12.5 Å². The quantitative estimate of drug-likeness (QED) is 0.906. The molecule has 0 aromatic carbocycles. The topological polar surface area (TPSA) is 69.6 Å². The van der Waals surface area contributed by atoms with Gasteiger partial charge in [0.15, 0.2) is 5.82 Å². The summed E-state index contributed by atoms with van der Waals surface area (Å²) in [6.45, 7) is 6.90. The van der Waals surface area contributed by atoms with E-state index in [2.05, 4.69) is 21.9 Å². The van der Waals surface area contributed by atoms with Crippen molar-refractivity contribution >= 4 is 0 Å². The molecule has 1 atom stereocenters. The number of rotatable bonds is 4. The van der Waals surface area contributed by atoms with E-state index in [4.69, 9.17) is 5.73 Å².